The summed E-state index contributed by atoms with van der Waals surface area (Å²) < 4.78 is 15.5. The number of fused-ring (bicyclic) bond motifs is 2. The van der Waals surface area contributed by atoms with Gasteiger partial charge in [0.05, 0.1) is 16.3 Å². The molecule has 0 N–H and O–H groups in total. The van der Waals surface area contributed by atoms with Crippen molar-refractivity contribution in [2.75, 3.05) is 0 Å². The van der Waals surface area contributed by atoms with E-state index in [9.17, 15) is 4.79 Å². The molecule has 41 heavy (non-hydrogen) atoms. The maximum Gasteiger partial charge on any atom is 0.291 e. The summed E-state index contributed by atoms with van der Waals surface area (Å²) >= 11 is 1.29. The Morgan fingerprint density at radius 3 is 2.44 bits per heavy atom. The Morgan fingerprint density at radius 1 is 0.951 bits per heavy atom. The van der Waals surface area contributed by atoms with E-state index in [2.05, 4.69) is 10.1 Å². The minimum absolute atomic E-state index is 0.0835. The van der Waals surface area contributed by atoms with Crippen LogP contribution in [-0.4, -0.2) is 30.5 Å². The lowest BCUT2D eigenvalue weighted by molar-refractivity contribution is 0.242. The molecule has 9 heteroatoms. The van der Waals surface area contributed by atoms with Gasteiger partial charge in [-0.2, -0.15) is 14.6 Å². The lowest BCUT2D eigenvalue weighted by Crippen LogP contribution is -2.23. The molecule has 4 heterocycles. The van der Waals surface area contributed by atoms with E-state index in [1.165, 1.54) is 15.9 Å². The highest BCUT2D eigenvalue weighted by atomic mass is 32.1. The van der Waals surface area contributed by atoms with E-state index in [0.717, 1.165) is 44.8 Å². The van der Waals surface area contributed by atoms with E-state index in [1.54, 1.807) is 0 Å². The molecule has 0 aliphatic heterocycles. The first-order valence-electron chi connectivity index (χ1n) is 13.3. The molecule has 0 unspecified atom stereocenters. The molecule has 0 aliphatic rings. The van der Waals surface area contributed by atoms with Crippen molar-refractivity contribution < 1.29 is 9.15 Å². The van der Waals surface area contributed by atoms with E-state index in [0.29, 0.717) is 21.1 Å². The second-order valence-electron chi connectivity index (χ2n) is 10.0. The predicted molar refractivity (Wildman–Crippen MR) is 161 cm³/mol. The minimum atomic E-state index is -0.239. The molecule has 0 fully saturated rings. The van der Waals surface area contributed by atoms with Gasteiger partial charge in [-0.3, -0.25) is 4.79 Å². The van der Waals surface area contributed by atoms with Crippen LogP contribution in [0.5, 0.6) is 5.75 Å². The van der Waals surface area contributed by atoms with Gasteiger partial charge in [0, 0.05) is 28.3 Å². The van der Waals surface area contributed by atoms with Crippen molar-refractivity contribution in [3.8, 4) is 34.3 Å². The molecule has 4 aromatic heterocycles. The van der Waals surface area contributed by atoms with E-state index in [1.807, 2.05) is 117 Å². The Morgan fingerprint density at radius 2 is 1.71 bits per heavy atom. The Kier molecular flexibility index (Phi) is 6.01. The topological polar surface area (TPSA) is 87.5 Å². The molecule has 7 aromatic rings. The molecule has 202 valence electrons. The number of nitrogens with zero attached hydrogens (tertiary/aromatic N) is 5. The van der Waals surface area contributed by atoms with Crippen molar-refractivity contribution in [3.05, 3.63) is 111 Å². The third-order valence-corrected chi connectivity index (χ3v) is 7.74. The zero-order valence-corrected chi connectivity index (χ0v) is 23.4. The Hall–Kier alpha value is -5.02. The quantitative estimate of drug-likeness (QED) is 0.246. The SMILES string of the molecule is Cc1c(-c2nc3s/c(=C\c4cn(-c5ccccc5)nc4-c4ccc(OC(C)C)cc4)c(=O)n3n2)oc2ccccc12. The van der Waals surface area contributed by atoms with Gasteiger partial charge in [-0.1, -0.05) is 47.7 Å². The van der Waals surface area contributed by atoms with Crippen molar-refractivity contribution in [1.82, 2.24) is 24.4 Å². The summed E-state index contributed by atoms with van der Waals surface area (Å²) in [4.78, 5) is 18.6. The fourth-order valence-corrected chi connectivity index (χ4v) is 5.75. The molecule has 3 aromatic carbocycles. The van der Waals surface area contributed by atoms with Crippen molar-refractivity contribution in [2.45, 2.75) is 26.9 Å². The number of para-hydroxylation sites is 2. The summed E-state index contributed by atoms with van der Waals surface area (Å²) in [6, 6.07) is 25.5. The number of ether oxygens (including phenoxy) is 1. The van der Waals surface area contributed by atoms with Gasteiger partial charge in [-0.05, 0) is 69.3 Å². The molecule has 0 saturated heterocycles. The first-order chi connectivity index (χ1) is 19.9. The fraction of sp³-hybridized carbons (Fsp3) is 0.125. The second-order valence-corrected chi connectivity index (χ2v) is 11.0. The van der Waals surface area contributed by atoms with Crippen LogP contribution >= 0.6 is 11.3 Å². The maximum absolute atomic E-state index is 13.5. The van der Waals surface area contributed by atoms with Crippen LogP contribution in [0.15, 0.2) is 94.3 Å². The van der Waals surface area contributed by atoms with Gasteiger partial charge < -0.3 is 9.15 Å². The van der Waals surface area contributed by atoms with Crippen LogP contribution in [-0.2, 0) is 0 Å². The third kappa shape index (κ3) is 4.50. The third-order valence-electron chi connectivity index (χ3n) is 6.78. The van der Waals surface area contributed by atoms with Gasteiger partial charge in [0.15, 0.2) is 5.76 Å². The molecule has 7 rings (SSSR count). The van der Waals surface area contributed by atoms with E-state index < -0.39 is 0 Å². The highest BCUT2D eigenvalue weighted by Gasteiger charge is 2.19. The molecule has 0 saturated carbocycles. The smallest absolute Gasteiger partial charge is 0.291 e. The summed E-state index contributed by atoms with van der Waals surface area (Å²) in [5.74, 6) is 1.76. The molecule has 0 amide bonds. The first kappa shape index (κ1) is 25.0. The van der Waals surface area contributed by atoms with Crippen LogP contribution in [0, 0.1) is 6.92 Å². The molecule has 0 radical (unpaired) electrons. The molecular formula is C32H25N5O3S. The Balaban J connectivity index is 1.32. The van der Waals surface area contributed by atoms with Crippen molar-refractivity contribution in [2.24, 2.45) is 0 Å². The van der Waals surface area contributed by atoms with E-state index in [4.69, 9.17) is 14.3 Å². The van der Waals surface area contributed by atoms with Gasteiger partial charge in [-0.15, -0.1) is 5.10 Å². The molecule has 0 spiro atoms. The highest BCUT2D eigenvalue weighted by molar-refractivity contribution is 7.15. The van der Waals surface area contributed by atoms with Gasteiger partial charge in [0.2, 0.25) is 10.8 Å². The summed E-state index contributed by atoms with van der Waals surface area (Å²) in [5, 5.41) is 10.4. The monoisotopic (exact) mass is 559 g/mol. The summed E-state index contributed by atoms with van der Waals surface area (Å²) in [7, 11) is 0. The van der Waals surface area contributed by atoms with Crippen LogP contribution in [0.1, 0.15) is 25.0 Å². The zero-order valence-electron chi connectivity index (χ0n) is 22.6. The number of hydrogen-bond acceptors (Lipinski definition) is 7. The van der Waals surface area contributed by atoms with Crippen LogP contribution < -0.4 is 14.8 Å². The molecule has 8 nitrogen and oxygen atoms in total. The summed E-state index contributed by atoms with van der Waals surface area (Å²) in [5.41, 5.74) is 4.86. The van der Waals surface area contributed by atoms with Crippen LogP contribution in [0.3, 0.4) is 0 Å². The number of rotatable bonds is 6. The number of hydrogen-bond donors (Lipinski definition) is 0. The summed E-state index contributed by atoms with van der Waals surface area (Å²) in [6.45, 7) is 5.97. The maximum atomic E-state index is 13.5. The Labute approximate surface area is 238 Å². The fourth-order valence-electron chi connectivity index (χ4n) is 4.85. The van der Waals surface area contributed by atoms with Gasteiger partial charge in [0.25, 0.3) is 5.56 Å². The first-order valence-corrected chi connectivity index (χ1v) is 14.1. The Bertz CT molecular complexity index is 2140. The second kappa shape index (κ2) is 9.87. The number of furan rings is 1. The van der Waals surface area contributed by atoms with Gasteiger partial charge >= 0.3 is 0 Å². The summed E-state index contributed by atoms with van der Waals surface area (Å²) in [6.07, 6.45) is 3.87. The minimum Gasteiger partial charge on any atom is -0.491 e. The number of aryl methyl sites for hydroxylation is 1. The van der Waals surface area contributed by atoms with Gasteiger partial charge in [-0.25, -0.2) is 4.68 Å². The van der Waals surface area contributed by atoms with E-state index in [-0.39, 0.29) is 11.7 Å². The molecule has 0 atom stereocenters. The van der Waals surface area contributed by atoms with Gasteiger partial charge in [0.1, 0.15) is 17.0 Å². The lowest BCUT2D eigenvalue weighted by atomic mass is 10.1. The highest BCUT2D eigenvalue weighted by Crippen LogP contribution is 2.31. The van der Waals surface area contributed by atoms with E-state index >= 15 is 0 Å². The number of benzene rings is 3. The van der Waals surface area contributed by atoms with Crippen LogP contribution in [0.4, 0.5) is 0 Å². The number of thiazole rings is 1. The zero-order chi connectivity index (χ0) is 28.1. The van der Waals surface area contributed by atoms with Crippen molar-refractivity contribution >= 4 is 33.3 Å². The molecule has 0 aliphatic carbocycles. The average Bonchev–Trinajstić information content (AvgIpc) is 3.73. The van der Waals surface area contributed by atoms with Crippen LogP contribution in [0.2, 0.25) is 0 Å². The van der Waals surface area contributed by atoms with Crippen molar-refractivity contribution in [3.63, 3.8) is 0 Å². The molecular weight excluding hydrogens is 534 g/mol. The normalized spacial score (nSPS) is 12.2. The molecule has 0 bridgehead atoms. The standard InChI is InChI=1S/C32H25N5O3S/c1-19(2)39-24-15-13-21(14-16-24)28-22(18-36(34-28)23-9-5-4-6-10-23)17-27-31(38)37-32(41-27)33-30(35-37)29-20(3)25-11-7-8-12-26(25)40-29/h4-19H,1-3H3/b27-17-. The largest absolute Gasteiger partial charge is 0.491 e. The van der Waals surface area contributed by atoms with Crippen LogP contribution in [0.25, 0.3) is 50.5 Å². The average molecular weight is 560 g/mol. The van der Waals surface area contributed by atoms with Crippen molar-refractivity contribution in [1.29, 1.82) is 0 Å². The predicted octanol–water partition coefficient (Wildman–Crippen LogP) is 6.06. The number of aromatic nitrogens is 5. The lowest BCUT2D eigenvalue weighted by Gasteiger charge is -2.09.